The summed E-state index contributed by atoms with van der Waals surface area (Å²) in [7, 11) is -4.60. The summed E-state index contributed by atoms with van der Waals surface area (Å²) in [6.45, 7) is 0. The molecule has 0 aromatic heterocycles. The van der Waals surface area contributed by atoms with Crippen molar-refractivity contribution in [2.75, 3.05) is 0 Å². The maximum Gasteiger partial charge on any atom is 1.00 e. The number of rotatable bonds is 2. The van der Waals surface area contributed by atoms with Gasteiger partial charge in [-0.1, -0.05) is 6.07 Å². The van der Waals surface area contributed by atoms with Gasteiger partial charge in [0.15, 0.2) is 5.75 Å². The number of aromatic hydroxyl groups is 1. The van der Waals surface area contributed by atoms with E-state index in [1.807, 2.05) is 0 Å². The molecular formula is C7H8K2O6S. The number of aromatic carboxylic acids is 1. The first-order valence-corrected chi connectivity index (χ1v) is 4.81. The Morgan fingerprint density at radius 2 is 1.75 bits per heavy atom. The van der Waals surface area contributed by atoms with Gasteiger partial charge < -0.3 is 13.1 Å². The van der Waals surface area contributed by atoms with E-state index in [0.29, 0.717) is 0 Å². The van der Waals surface area contributed by atoms with Gasteiger partial charge in [0, 0.05) is 0 Å². The van der Waals surface area contributed by atoms with Gasteiger partial charge in [-0.2, -0.15) is 8.42 Å². The molecule has 9 heteroatoms. The third-order valence-electron chi connectivity index (χ3n) is 1.51. The van der Waals surface area contributed by atoms with E-state index in [1.165, 1.54) is 0 Å². The average Bonchev–Trinajstić information content (AvgIpc) is 2.01. The van der Waals surface area contributed by atoms with Crippen molar-refractivity contribution in [2.24, 2.45) is 0 Å². The minimum Gasteiger partial charge on any atom is -1.00 e. The molecule has 1 aromatic carbocycles. The first-order valence-electron chi connectivity index (χ1n) is 3.37. The number of carboxylic acids is 1. The minimum absolute atomic E-state index is 0. The second kappa shape index (κ2) is 7.97. The molecule has 0 spiro atoms. The Morgan fingerprint density at radius 1 is 1.25 bits per heavy atom. The Bertz CT molecular complexity index is 493. The molecule has 1 rings (SSSR count). The molecule has 16 heavy (non-hydrogen) atoms. The van der Waals surface area contributed by atoms with Crippen molar-refractivity contribution in [1.29, 1.82) is 0 Å². The summed E-state index contributed by atoms with van der Waals surface area (Å²) < 4.78 is 29.9. The van der Waals surface area contributed by atoms with Crippen LogP contribution in [0.3, 0.4) is 0 Å². The van der Waals surface area contributed by atoms with Gasteiger partial charge in [-0.25, -0.2) is 4.79 Å². The Labute approximate surface area is 180 Å². The van der Waals surface area contributed by atoms with Gasteiger partial charge in [0.25, 0.3) is 10.1 Å². The molecule has 6 nitrogen and oxygen atoms in total. The summed E-state index contributed by atoms with van der Waals surface area (Å²) in [6.07, 6.45) is 0. The van der Waals surface area contributed by atoms with Crippen molar-refractivity contribution in [3.8, 4) is 5.75 Å². The number of hydrogen-bond acceptors (Lipinski definition) is 4. The Kier molecular flexibility index (Phi) is 9.96. The van der Waals surface area contributed by atoms with Gasteiger partial charge in [-0.15, -0.1) is 0 Å². The van der Waals surface area contributed by atoms with Gasteiger partial charge in [0.2, 0.25) is 0 Å². The van der Waals surface area contributed by atoms with Crippen LogP contribution in [-0.2, 0) is 10.1 Å². The van der Waals surface area contributed by atoms with Crippen LogP contribution in [0.2, 0.25) is 0 Å². The molecule has 80 valence electrons. The maximum atomic E-state index is 10.6. The molecule has 0 aliphatic heterocycles. The zero-order valence-electron chi connectivity index (χ0n) is 10.7. The van der Waals surface area contributed by atoms with Crippen molar-refractivity contribution < 1.29 is 134 Å². The van der Waals surface area contributed by atoms with E-state index in [4.69, 9.17) is 9.66 Å². The molecule has 0 fully saturated rings. The molecule has 0 aliphatic rings. The zero-order chi connectivity index (χ0) is 10.9. The second-order valence-electron chi connectivity index (χ2n) is 2.43. The number of carbonyl (C=O) groups is 1. The summed E-state index contributed by atoms with van der Waals surface area (Å²) in [4.78, 5) is 9.64. The number of carboxylic acid groups (broad SMARTS) is 1. The third kappa shape index (κ3) is 5.12. The Hall–Kier alpha value is 1.67. The maximum absolute atomic E-state index is 10.6. The average molecular weight is 298 g/mol. The van der Waals surface area contributed by atoms with Crippen LogP contribution < -0.4 is 103 Å². The molecule has 3 N–H and O–H groups in total. The largest absolute Gasteiger partial charge is 1.00 e. The van der Waals surface area contributed by atoms with Crippen LogP contribution in [0.25, 0.3) is 0 Å². The van der Waals surface area contributed by atoms with E-state index in [2.05, 4.69) is 0 Å². The summed E-state index contributed by atoms with van der Waals surface area (Å²) in [6, 6.07) is 3.02. The van der Waals surface area contributed by atoms with E-state index in [9.17, 15) is 18.3 Å². The topological polar surface area (TPSA) is 112 Å². The third-order valence-corrected chi connectivity index (χ3v) is 2.39. The van der Waals surface area contributed by atoms with Gasteiger partial charge in [-0.05, 0) is 12.1 Å². The summed E-state index contributed by atoms with van der Waals surface area (Å²) in [5, 5.41) is 17.7. The predicted molar refractivity (Wildman–Crippen MR) is 47.1 cm³/mol. The van der Waals surface area contributed by atoms with Crippen LogP contribution in [0, 0.1) is 0 Å². The Balaban J connectivity index is -0.000000245. The van der Waals surface area contributed by atoms with Crippen molar-refractivity contribution >= 4 is 16.1 Å². The first-order chi connectivity index (χ1) is 6.34. The van der Waals surface area contributed by atoms with E-state index in [-0.39, 0.29) is 106 Å². The molecule has 0 bridgehead atoms. The van der Waals surface area contributed by atoms with Gasteiger partial charge >= 0.3 is 109 Å². The van der Waals surface area contributed by atoms with Crippen LogP contribution in [0.1, 0.15) is 13.2 Å². The van der Waals surface area contributed by atoms with E-state index >= 15 is 0 Å². The van der Waals surface area contributed by atoms with Gasteiger partial charge in [0.05, 0.1) is 0 Å². The van der Waals surface area contributed by atoms with E-state index < -0.39 is 32.3 Å². The number of benzene rings is 1. The molecule has 0 radical (unpaired) electrons. The standard InChI is InChI=1S/C7H6O6S.2K.2H/c8-6-4(7(9)10)2-1-3-5(6)14(11,12)13;;;;/h1-3,8H,(H,9,10)(H,11,12,13);;;;/q;2*+1;2*-1. The van der Waals surface area contributed by atoms with Crippen LogP contribution in [-0.4, -0.2) is 29.2 Å². The van der Waals surface area contributed by atoms with Gasteiger partial charge in [-0.3, -0.25) is 4.55 Å². The predicted octanol–water partition coefficient (Wildman–Crippen LogP) is -5.43. The van der Waals surface area contributed by atoms with Gasteiger partial charge in [0.1, 0.15) is 10.5 Å². The van der Waals surface area contributed by atoms with Crippen LogP contribution in [0.5, 0.6) is 5.75 Å². The van der Waals surface area contributed by atoms with Crippen LogP contribution in [0.4, 0.5) is 0 Å². The smallest absolute Gasteiger partial charge is 1.00 e. The molecule has 0 saturated heterocycles. The van der Waals surface area contributed by atoms with E-state index in [1.54, 1.807) is 0 Å². The van der Waals surface area contributed by atoms with E-state index in [0.717, 1.165) is 18.2 Å². The summed E-state index contributed by atoms with van der Waals surface area (Å²) in [5.74, 6) is -2.45. The molecule has 0 atom stereocenters. The molecule has 0 heterocycles. The van der Waals surface area contributed by atoms with Crippen molar-refractivity contribution in [1.82, 2.24) is 0 Å². The van der Waals surface area contributed by atoms with Crippen molar-refractivity contribution in [2.45, 2.75) is 4.90 Å². The first kappa shape index (κ1) is 20.0. The van der Waals surface area contributed by atoms with Crippen molar-refractivity contribution in [3.05, 3.63) is 23.8 Å². The Morgan fingerprint density at radius 3 is 2.12 bits per heavy atom. The van der Waals surface area contributed by atoms with Crippen LogP contribution in [0.15, 0.2) is 23.1 Å². The number of phenols is 1. The fourth-order valence-corrected chi connectivity index (χ4v) is 1.51. The molecule has 0 unspecified atom stereocenters. The monoisotopic (exact) mass is 298 g/mol. The molecule has 0 amide bonds. The molecule has 0 aliphatic carbocycles. The van der Waals surface area contributed by atoms with Crippen LogP contribution >= 0.6 is 0 Å². The number of para-hydroxylation sites is 1. The fraction of sp³-hybridized carbons (Fsp3) is 0. The zero-order valence-corrected chi connectivity index (χ0v) is 15.8. The molecular weight excluding hydrogens is 290 g/mol. The fourth-order valence-electron chi connectivity index (χ4n) is 0.903. The number of hydrogen-bond donors (Lipinski definition) is 3. The summed E-state index contributed by atoms with van der Waals surface area (Å²) in [5.41, 5.74) is -0.583. The molecule has 1 aromatic rings. The quantitative estimate of drug-likeness (QED) is 0.371. The SMILES string of the molecule is O=C(O)c1cccc(S(=O)(=O)O)c1O.[H-].[H-].[K+].[K+]. The second-order valence-corrected chi connectivity index (χ2v) is 3.82. The minimum atomic E-state index is -4.60. The normalized spacial score (nSPS) is 9.81. The molecule has 0 saturated carbocycles. The van der Waals surface area contributed by atoms with Crippen molar-refractivity contribution in [3.63, 3.8) is 0 Å². The summed E-state index contributed by atoms with van der Waals surface area (Å²) >= 11 is 0.